The molecule has 0 aliphatic heterocycles. The quantitative estimate of drug-likeness (QED) is 0.632. The maximum Gasteiger partial charge on any atom is 0.285 e. The maximum absolute atomic E-state index is 11.8. The van der Waals surface area contributed by atoms with Gasteiger partial charge in [0.1, 0.15) is 0 Å². The summed E-state index contributed by atoms with van der Waals surface area (Å²) >= 11 is 0. The van der Waals surface area contributed by atoms with Gasteiger partial charge in [0.25, 0.3) is 5.91 Å². The number of aryl methyl sites for hydroxylation is 2. The highest BCUT2D eigenvalue weighted by molar-refractivity contribution is 5.74. The van der Waals surface area contributed by atoms with Crippen LogP contribution >= 0.6 is 0 Å². The molecule has 104 valence electrons. The molecule has 1 N–H and O–H groups in total. The molecule has 1 aromatic carbocycles. The van der Waals surface area contributed by atoms with Crippen molar-refractivity contribution in [2.45, 2.75) is 26.3 Å². The van der Waals surface area contributed by atoms with Gasteiger partial charge < -0.3 is 5.32 Å². The van der Waals surface area contributed by atoms with Gasteiger partial charge in [-0.25, -0.2) is 0 Å². The molecule has 1 amide bonds. The molecule has 0 fully saturated rings. The summed E-state index contributed by atoms with van der Waals surface area (Å²) in [5.41, 5.74) is 2.40. The molecule has 0 radical (unpaired) electrons. The summed E-state index contributed by atoms with van der Waals surface area (Å²) in [6.45, 7) is 3.11. The Hall–Kier alpha value is -2.16. The molecule has 0 atom stereocenters. The van der Waals surface area contributed by atoms with E-state index in [1.54, 1.807) is 0 Å². The van der Waals surface area contributed by atoms with Crippen LogP contribution in [0.5, 0.6) is 0 Å². The van der Waals surface area contributed by atoms with Crippen molar-refractivity contribution in [1.82, 2.24) is 5.32 Å². The van der Waals surface area contributed by atoms with Crippen molar-refractivity contribution in [3.8, 4) is 0 Å². The fourth-order valence-electron chi connectivity index (χ4n) is 2.11. The second-order valence-corrected chi connectivity index (χ2v) is 4.91. The molecular weight excluding hydrogens is 248 g/mol. The molecule has 0 spiro atoms. The van der Waals surface area contributed by atoms with Crippen molar-refractivity contribution < 1.29 is 9.36 Å². The van der Waals surface area contributed by atoms with Gasteiger partial charge in [-0.15, -0.1) is 0 Å². The minimum Gasteiger partial charge on any atom is -0.351 e. The number of carbonyl (C=O) groups excluding carboxylic acids is 1. The predicted octanol–water partition coefficient (Wildman–Crippen LogP) is 2.03. The zero-order chi connectivity index (χ0) is 14.2. The molecule has 0 aliphatic rings. The maximum atomic E-state index is 11.8. The highest BCUT2D eigenvalue weighted by Crippen LogP contribution is 2.01. The molecule has 0 saturated carbocycles. The van der Waals surface area contributed by atoms with Crippen molar-refractivity contribution in [2.75, 3.05) is 6.54 Å². The van der Waals surface area contributed by atoms with E-state index in [0.29, 0.717) is 6.54 Å². The molecule has 2 aromatic rings. The van der Waals surface area contributed by atoms with E-state index in [2.05, 4.69) is 17.4 Å². The zero-order valence-corrected chi connectivity index (χ0v) is 11.9. The van der Waals surface area contributed by atoms with E-state index < -0.39 is 0 Å². The lowest BCUT2D eigenvalue weighted by molar-refractivity contribution is -0.690. The lowest BCUT2D eigenvalue weighted by Crippen LogP contribution is -2.44. The molecule has 1 aromatic heterocycles. The van der Waals surface area contributed by atoms with Crippen molar-refractivity contribution in [3.05, 3.63) is 66.0 Å². The SMILES string of the molecule is Cc1cccc[n+]1CC(=O)NCCCc1ccccc1. The summed E-state index contributed by atoms with van der Waals surface area (Å²) in [6, 6.07) is 16.3. The normalized spacial score (nSPS) is 10.2. The summed E-state index contributed by atoms with van der Waals surface area (Å²) in [4.78, 5) is 11.8. The van der Waals surface area contributed by atoms with Crippen molar-refractivity contribution in [1.29, 1.82) is 0 Å². The number of nitrogens with zero attached hydrogens (tertiary/aromatic N) is 1. The Balaban J connectivity index is 1.69. The van der Waals surface area contributed by atoms with E-state index in [1.807, 2.05) is 54.1 Å². The number of pyridine rings is 1. The molecular formula is C17H21N2O+. The van der Waals surface area contributed by atoms with Gasteiger partial charge in [0, 0.05) is 25.6 Å². The van der Waals surface area contributed by atoms with Crippen LogP contribution in [0.4, 0.5) is 0 Å². The van der Waals surface area contributed by atoms with E-state index in [1.165, 1.54) is 5.56 Å². The van der Waals surface area contributed by atoms with E-state index >= 15 is 0 Å². The number of aromatic nitrogens is 1. The smallest absolute Gasteiger partial charge is 0.285 e. The van der Waals surface area contributed by atoms with Crippen LogP contribution in [0.15, 0.2) is 54.7 Å². The largest absolute Gasteiger partial charge is 0.351 e. The molecule has 3 nitrogen and oxygen atoms in total. The number of rotatable bonds is 6. The minimum absolute atomic E-state index is 0.0670. The monoisotopic (exact) mass is 269 g/mol. The summed E-state index contributed by atoms with van der Waals surface area (Å²) in [5, 5.41) is 2.97. The van der Waals surface area contributed by atoms with Gasteiger partial charge in [0.05, 0.1) is 0 Å². The first-order chi connectivity index (χ1) is 9.75. The predicted molar refractivity (Wildman–Crippen MR) is 79.1 cm³/mol. The fraction of sp³-hybridized carbons (Fsp3) is 0.294. The molecule has 3 heteroatoms. The van der Waals surface area contributed by atoms with Gasteiger partial charge in [0.15, 0.2) is 11.9 Å². The van der Waals surface area contributed by atoms with Gasteiger partial charge in [-0.1, -0.05) is 36.4 Å². The Morgan fingerprint density at radius 2 is 1.85 bits per heavy atom. The van der Waals surface area contributed by atoms with Gasteiger partial charge >= 0.3 is 0 Å². The second-order valence-electron chi connectivity index (χ2n) is 4.91. The first-order valence-electron chi connectivity index (χ1n) is 7.01. The van der Waals surface area contributed by atoms with Crippen LogP contribution in [0.3, 0.4) is 0 Å². The van der Waals surface area contributed by atoms with Crippen LogP contribution in [0, 0.1) is 6.92 Å². The minimum atomic E-state index is 0.0670. The van der Waals surface area contributed by atoms with E-state index in [0.717, 1.165) is 25.1 Å². The summed E-state index contributed by atoms with van der Waals surface area (Å²) in [6.07, 6.45) is 3.89. The van der Waals surface area contributed by atoms with Gasteiger partial charge in [0.2, 0.25) is 6.54 Å². The van der Waals surface area contributed by atoms with Crippen LogP contribution in [0.25, 0.3) is 0 Å². The molecule has 20 heavy (non-hydrogen) atoms. The van der Waals surface area contributed by atoms with E-state index in [4.69, 9.17) is 0 Å². The van der Waals surface area contributed by atoms with Crippen LogP contribution in [-0.2, 0) is 17.8 Å². The fourth-order valence-corrected chi connectivity index (χ4v) is 2.11. The van der Waals surface area contributed by atoms with Crippen molar-refractivity contribution in [3.63, 3.8) is 0 Å². The summed E-state index contributed by atoms with van der Waals surface area (Å²) in [5.74, 6) is 0.0670. The third kappa shape index (κ3) is 4.50. The Morgan fingerprint density at radius 1 is 1.10 bits per heavy atom. The summed E-state index contributed by atoms with van der Waals surface area (Å²) < 4.78 is 1.95. The van der Waals surface area contributed by atoms with Gasteiger partial charge in [-0.05, 0) is 18.4 Å². The number of benzene rings is 1. The molecule has 1 heterocycles. The topological polar surface area (TPSA) is 33.0 Å². The third-order valence-electron chi connectivity index (χ3n) is 3.29. The number of carbonyl (C=O) groups is 1. The van der Waals surface area contributed by atoms with Crippen LogP contribution in [0.1, 0.15) is 17.7 Å². The van der Waals surface area contributed by atoms with E-state index in [9.17, 15) is 4.79 Å². The Kier molecular flexibility index (Phi) is 5.30. The molecule has 0 saturated heterocycles. The summed E-state index contributed by atoms with van der Waals surface area (Å²) in [7, 11) is 0. The van der Waals surface area contributed by atoms with Crippen LogP contribution in [0.2, 0.25) is 0 Å². The second kappa shape index (κ2) is 7.43. The third-order valence-corrected chi connectivity index (χ3v) is 3.29. The molecule has 0 aliphatic carbocycles. The highest BCUT2D eigenvalue weighted by Gasteiger charge is 2.10. The van der Waals surface area contributed by atoms with Gasteiger partial charge in [-0.2, -0.15) is 4.57 Å². The van der Waals surface area contributed by atoms with Crippen molar-refractivity contribution in [2.24, 2.45) is 0 Å². The molecule has 2 rings (SSSR count). The Morgan fingerprint density at radius 3 is 2.60 bits per heavy atom. The zero-order valence-electron chi connectivity index (χ0n) is 11.9. The number of nitrogens with one attached hydrogen (secondary N) is 1. The standard InChI is InChI=1S/C17H20N2O/c1-15-8-5-6-13-19(15)14-17(20)18-12-7-11-16-9-3-2-4-10-16/h2-6,8-10,13H,7,11-12,14H2,1H3/p+1. The van der Waals surface area contributed by atoms with Crippen LogP contribution in [-0.4, -0.2) is 12.5 Å². The van der Waals surface area contributed by atoms with Crippen molar-refractivity contribution >= 4 is 5.91 Å². The van der Waals surface area contributed by atoms with E-state index in [-0.39, 0.29) is 5.91 Å². The Labute approximate surface area is 120 Å². The average molecular weight is 269 g/mol. The lowest BCUT2D eigenvalue weighted by Gasteiger charge is -2.04. The number of amides is 1. The van der Waals surface area contributed by atoms with Gasteiger partial charge in [-0.3, -0.25) is 4.79 Å². The lowest BCUT2D eigenvalue weighted by atomic mass is 10.1. The molecule has 0 unspecified atom stereocenters. The first-order valence-corrected chi connectivity index (χ1v) is 7.01. The number of hydrogen-bond donors (Lipinski definition) is 1. The number of hydrogen-bond acceptors (Lipinski definition) is 1. The Bertz CT molecular complexity index is 552. The molecule has 0 bridgehead atoms. The van der Waals surface area contributed by atoms with Crippen LogP contribution < -0.4 is 9.88 Å². The average Bonchev–Trinajstić information content (AvgIpc) is 2.47. The highest BCUT2D eigenvalue weighted by atomic mass is 16.1. The first kappa shape index (κ1) is 14.3.